The van der Waals surface area contributed by atoms with Crippen molar-refractivity contribution in [3.8, 4) is 5.75 Å². The Kier molecular flexibility index (Phi) is 15.0. The van der Waals surface area contributed by atoms with Gasteiger partial charge in [0.05, 0.1) is 27.1 Å². The predicted octanol–water partition coefficient (Wildman–Crippen LogP) is 8.47. The highest BCUT2D eigenvalue weighted by Crippen LogP contribution is 2.18. The largest absolute Gasteiger partial charge is 0.455 e. The molecule has 0 aliphatic carbocycles. The second kappa shape index (κ2) is 18.0. The number of aryl methyl sites for hydroxylation is 1. The number of esters is 1. The molecule has 0 aliphatic rings. The molecule has 0 N–H and O–H groups in total. The molecule has 2 rings (SSSR count). The summed E-state index contributed by atoms with van der Waals surface area (Å²) < 4.78 is 12.4. The standard InChI is InChI=1S/C33H52NO3/c1-5-7-8-9-10-11-12-13-15-19-29-23-25-31(26-24-29)36-33(6-2)37-32(35)22-18-27-34(3,4)28-30-20-16-14-17-21-30/h14,16-17,20-21,23-26,33H,5-13,15,18-19,22,27-28H2,1-4H3/q+1. The highest BCUT2D eigenvalue weighted by atomic mass is 16.7. The van der Waals surface area contributed by atoms with E-state index in [1.54, 1.807) is 0 Å². The molecule has 1 atom stereocenters. The second-order valence-corrected chi connectivity index (χ2v) is 11.1. The van der Waals surface area contributed by atoms with E-state index in [2.05, 4.69) is 57.4 Å². The van der Waals surface area contributed by atoms with Crippen molar-refractivity contribution in [1.82, 2.24) is 0 Å². The maximum absolute atomic E-state index is 12.5. The first-order valence-corrected chi connectivity index (χ1v) is 14.7. The molecule has 0 fully saturated rings. The zero-order valence-electron chi connectivity index (χ0n) is 24.1. The molecule has 2 aromatic rings. The van der Waals surface area contributed by atoms with E-state index in [1.807, 2.05) is 25.1 Å². The van der Waals surface area contributed by atoms with Crippen molar-refractivity contribution in [2.45, 2.75) is 110 Å². The lowest BCUT2D eigenvalue weighted by Crippen LogP contribution is -2.39. The molecule has 4 heteroatoms. The van der Waals surface area contributed by atoms with Crippen molar-refractivity contribution >= 4 is 5.97 Å². The molecule has 4 nitrogen and oxygen atoms in total. The van der Waals surface area contributed by atoms with Crippen LogP contribution in [0.25, 0.3) is 0 Å². The number of hydrogen-bond acceptors (Lipinski definition) is 3. The summed E-state index contributed by atoms with van der Waals surface area (Å²) in [6.07, 6.45) is 14.6. The quantitative estimate of drug-likeness (QED) is 0.0775. The third kappa shape index (κ3) is 14.3. The summed E-state index contributed by atoms with van der Waals surface area (Å²) in [5.74, 6) is 0.574. The molecule has 0 aromatic heterocycles. The molecule has 0 bridgehead atoms. The molecule has 0 spiro atoms. The van der Waals surface area contributed by atoms with Crippen LogP contribution in [0.2, 0.25) is 0 Å². The van der Waals surface area contributed by atoms with Crippen LogP contribution in [0.1, 0.15) is 102 Å². The van der Waals surface area contributed by atoms with Gasteiger partial charge in [-0.2, -0.15) is 0 Å². The zero-order valence-corrected chi connectivity index (χ0v) is 24.1. The molecular weight excluding hydrogens is 458 g/mol. The van der Waals surface area contributed by atoms with Gasteiger partial charge in [0.1, 0.15) is 12.3 Å². The number of carbonyl (C=O) groups is 1. The van der Waals surface area contributed by atoms with Crippen molar-refractivity contribution in [2.75, 3.05) is 20.6 Å². The Morgan fingerprint density at radius 3 is 2.00 bits per heavy atom. The first-order chi connectivity index (χ1) is 17.9. The van der Waals surface area contributed by atoms with Crippen molar-refractivity contribution in [2.24, 2.45) is 0 Å². The second-order valence-electron chi connectivity index (χ2n) is 11.1. The smallest absolute Gasteiger partial charge is 0.309 e. The van der Waals surface area contributed by atoms with Gasteiger partial charge in [-0.1, -0.05) is 108 Å². The lowest BCUT2D eigenvalue weighted by molar-refractivity contribution is -0.903. The summed E-state index contributed by atoms with van der Waals surface area (Å²) in [4.78, 5) is 12.5. The van der Waals surface area contributed by atoms with Crippen molar-refractivity contribution in [3.63, 3.8) is 0 Å². The van der Waals surface area contributed by atoms with Gasteiger partial charge in [-0.15, -0.1) is 0 Å². The maximum Gasteiger partial charge on any atom is 0.309 e. The van der Waals surface area contributed by atoms with Gasteiger partial charge in [0.25, 0.3) is 0 Å². The van der Waals surface area contributed by atoms with Crippen LogP contribution in [0, 0.1) is 0 Å². The number of unbranched alkanes of at least 4 members (excludes halogenated alkanes) is 8. The van der Waals surface area contributed by atoms with Crippen molar-refractivity contribution in [1.29, 1.82) is 0 Å². The Morgan fingerprint density at radius 2 is 1.38 bits per heavy atom. The summed E-state index contributed by atoms with van der Waals surface area (Å²) in [5, 5.41) is 0. The minimum Gasteiger partial charge on any atom is -0.455 e. The lowest BCUT2D eigenvalue weighted by Gasteiger charge is -2.30. The minimum absolute atomic E-state index is 0.187. The minimum atomic E-state index is -0.539. The van der Waals surface area contributed by atoms with Crippen LogP contribution >= 0.6 is 0 Å². The zero-order chi connectivity index (χ0) is 26.8. The number of hydrogen-bond donors (Lipinski definition) is 0. The fraction of sp³-hybridized carbons (Fsp3) is 0.606. The number of rotatable bonds is 20. The van der Waals surface area contributed by atoms with Gasteiger partial charge in [0.15, 0.2) is 0 Å². The average Bonchev–Trinajstić information content (AvgIpc) is 2.88. The number of nitrogens with zero attached hydrogens (tertiary/aromatic N) is 1. The van der Waals surface area contributed by atoms with Crippen LogP contribution in [-0.2, 0) is 22.5 Å². The Hall–Kier alpha value is -2.33. The SMILES string of the molecule is CCCCCCCCCCCc1ccc(OC(CC)OC(=O)CCC[N+](C)(C)Cc2ccccc2)cc1. The molecule has 1 unspecified atom stereocenters. The molecule has 0 amide bonds. The van der Waals surface area contributed by atoms with Gasteiger partial charge in [-0.05, 0) is 30.5 Å². The normalized spacial score (nSPS) is 12.3. The van der Waals surface area contributed by atoms with E-state index in [4.69, 9.17) is 9.47 Å². The van der Waals surface area contributed by atoms with E-state index >= 15 is 0 Å². The van der Waals surface area contributed by atoms with Crippen LogP contribution in [0.3, 0.4) is 0 Å². The summed E-state index contributed by atoms with van der Waals surface area (Å²) in [5.41, 5.74) is 2.66. The van der Waals surface area contributed by atoms with Gasteiger partial charge in [0, 0.05) is 18.4 Å². The van der Waals surface area contributed by atoms with Gasteiger partial charge < -0.3 is 14.0 Å². The number of ether oxygens (including phenoxy) is 2. The Morgan fingerprint density at radius 1 is 0.757 bits per heavy atom. The summed E-state index contributed by atoms with van der Waals surface area (Å²) in [7, 11) is 4.41. The summed E-state index contributed by atoms with van der Waals surface area (Å²) in [6.45, 7) is 6.12. The molecule has 206 valence electrons. The maximum atomic E-state index is 12.5. The fourth-order valence-corrected chi connectivity index (χ4v) is 4.73. The number of quaternary nitrogens is 1. The molecule has 0 aliphatic heterocycles. The van der Waals surface area contributed by atoms with Crippen LogP contribution in [0.4, 0.5) is 0 Å². The fourth-order valence-electron chi connectivity index (χ4n) is 4.73. The van der Waals surface area contributed by atoms with Crippen LogP contribution in [-0.4, -0.2) is 37.4 Å². The highest BCUT2D eigenvalue weighted by Gasteiger charge is 2.19. The van der Waals surface area contributed by atoms with E-state index in [9.17, 15) is 4.79 Å². The third-order valence-electron chi connectivity index (χ3n) is 6.95. The van der Waals surface area contributed by atoms with Crippen LogP contribution in [0.5, 0.6) is 5.75 Å². The Balaban J connectivity index is 1.62. The third-order valence-corrected chi connectivity index (χ3v) is 6.95. The Bertz CT molecular complexity index is 848. The van der Waals surface area contributed by atoms with Gasteiger partial charge in [-0.25, -0.2) is 0 Å². The van der Waals surface area contributed by atoms with E-state index < -0.39 is 6.29 Å². The van der Waals surface area contributed by atoms with E-state index in [1.165, 1.54) is 68.9 Å². The predicted molar refractivity (Wildman–Crippen MR) is 155 cm³/mol. The number of carbonyl (C=O) groups excluding carboxylic acids is 1. The van der Waals surface area contributed by atoms with Crippen molar-refractivity contribution in [3.05, 3.63) is 65.7 Å². The van der Waals surface area contributed by atoms with Crippen LogP contribution in [0.15, 0.2) is 54.6 Å². The van der Waals surface area contributed by atoms with Gasteiger partial charge in [-0.3, -0.25) is 4.79 Å². The molecule has 37 heavy (non-hydrogen) atoms. The van der Waals surface area contributed by atoms with E-state index in [-0.39, 0.29) is 5.97 Å². The topological polar surface area (TPSA) is 35.5 Å². The highest BCUT2D eigenvalue weighted by molar-refractivity contribution is 5.69. The van der Waals surface area contributed by atoms with Gasteiger partial charge >= 0.3 is 5.97 Å². The average molecular weight is 511 g/mol. The lowest BCUT2D eigenvalue weighted by atomic mass is 10.0. The first-order valence-electron chi connectivity index (χ1n) is 14.7. The molecular formula is C33H52NO3+. The molecule has 0 saturated heterocycles. The molecule has 0 radical (unpaired) electrons. The summed E-state index contributed by atoms with van der Waals surface area (Å²) >= 11 is 0. The van der Waals surface area contributed by atoms with Crippen molar-refractivity contribution < 1.29 is 18.8 Å². The van der Waals surface area contributed by atoms with E-state index in [0.29, 0.717) is 12.8 Å². The van der Waals surface area contributed by atoms with Gasteiger partial charge in [0.2, 0.25) is 6.29 Å². The molecule has 0 saturated carbocycles. The van der Waals surface area contributed by atoms with Crippen LogP contribution < -0.4 is 4.74 Å². The Labute approximate surface area is 227 Å². The monoisotopic (exact) mass is 510 g/mol. The van der Waals surface area contributed by atoms with E-state index in [0.717, 1.165) is 36.2 Å². The molecule has 2 aromatic carbocycles. The first kappa shape index (κ1) is 30.9. The molecule has 0 heterocycles. The summed E-state index contributed by atoms with van der Waals surface area (Å²) in [6, 6.07) is 18.8. The number of benzene rings is 2.